The zero-order chi connectivity index (χ0) is 14.5. The van der Waals surface area contributed by atoms with Crippen molar-refractivity contribution >= 4 is 11.8 Å². The SMILES string of the molecule is CN(CC(=O)NCC(F)(F)F)C(=O)CNCC1CC1. The van der Waals surface area contributed by atoms with E-state index in [0.29, 0.717) is 5.92 Å². The van der Waals surface area contributed by atoms with Crippen LogP contribution in [0.25, 0.3) is 0 Å². The van der Waals surface area contributed by atoms with Crippen molar-refractivity contribution in [3.05, 3.63) is 0 Å². The molecule has 8 heteroatoms. The Morgan fingerprint density at radius 3 is 2.47 bits per heavy atom. The number of likely N-dealkylation sites (N-methyl/N-ethyl adjacent to an activating group) is 1. The lowest BCUT2D eigenvalue weighted by molar-refractivity contribution is -0.141. The maximum Gasteiger partial charge on any atom is 0.405 e. The molecule has 2 amide bonds. The number of nitrogens with zero attached hydrogens (tertiary/aromatic N) is 1. The molecule has 1 aliphatic carbocycles. The van der Waals surface area contributed by atoms with E-state index in [0.717, 1.165) is 24.3 Å². The Hall–Kier alpha value is -1.31. The van der Waals surface area contributed by atoms with E-state index in [2.05, 4.69) is 5.32 Å². The number of carbonyl (C=O) groups excluding carboxylic acids is 2. The number of carbonyl (C=O) groups is 2. The Kier molecular flexibility index (Phi) is 5.59. The maximum atomic E-state index is 11.9. The molecule has 0 heterocycles. The van der Waals surface area contributed by atoms with Gasteiger partial charge >= 0.3 is 6.18 Å². The van der Waals surface area contributed by atoms with E-state index < -0.39 is 18.6 Å². The van der Waals surface area contributed by atoms with Gasteiger partial charge in [0.15, 0.2) is 0 Å². The molecule has 0 saturated heterocycles. The third-order valence-corrected chi connectivity index (χ3v) is 2.70. The van der Waals surface area contributed by atoms with Gasteiger partial charge in [0.05, 0.1) is 13.1 Å². The number of alkyl halides is 3. The molecule has 5 nitrogen and oxygen atoms in total. The van der Waals surface area contributed by atoms with Gasteiger partial charge in [-0.2, -0.15) is 13.2 Å². The second kappa shape index (κ2) is 6.74. The second-order valence-corrected chi connectivity index (χ2v) is 4.72. The first-order valence-corrected chi connectivity index (χ1v) is 6.06. The van der Waals surface area contributed by atoms with Gasteiger partial charge in [0, 0.05) is 7.05 Å². The van der Waals surface area contributed by atoms with Crippen molar-refractivity contribution in [3.63, 3.8) is 0 Å². The Labute approximate surface area is 109 Å². The summed E-state index contributed by atoms with van der Waals surface area (Å²) in [4.78, 5) is 23.8. The summed E-state index contributed by atoms with van der Waals surface area (Å²) in [7, 11) is 1.38. The molecule has 2 N–H and O–H groups in total. The van der Waals surface area contributed by atoms with Gasteiger partial charge in [0.1, 0.15) is 6.54 Å². The first-order valence-electron chi connectivity index (χ1n) is 6.06. The molecule has 1 aliphatic rings. The average molecular weight is 281 g/mol. The molecule has 0 aromatic heterocycles. The molecule has 19 heavy (non-hydrogen) atoms. The Morgan fingerprint density at radius 2 is 1.95 bits per heavy atom. The zero-order valence-corrected chi connectivity index (χ0v) is 10.7. The topological polar surface area (TPSA) is 61.4 Å². The minimum atomic E-state index is -4.44. The lowest BCUT2D eigenvalue weighted by Gasteiger charge is -2.17. The fraction of sp³-hybridized carbons (Fsp3) is 0.818. The molecular formula is C11H18F3N3O2. The number of halogens is 3. The molecule has 1 fully saturated rings. The zero-order valence-electron chi connectivity index (χ0n) is 10.7. The third kappa shape index (κ3) is 7.66. The van der Waals surface area contributed by atoms with Crippen LogP contribution in [0, 0.1) is 5.92 Å². The molecule has 110 valence electrons. The molecule has 0 aromatic carbocycles. The van der Waals surface area contributed by atoms with Gasteiger partial charge < -0.3 is 15.5 Å². The van der Waals surface area contributed by atoms with Crippen LogP contribution in [0.3, 0.4) is 0 Å². The van der Waals surface area contributed by atoms with Crippen molar-refractivity contribution in [2.75, 3.05) is 33.2 Å². The van der Waals surface area contributed by atoms with Crippen molar-refractivity contribution in [3.8, 4) is 0 Å². The van der Waals surface area contributed by atoms with Gasteiger partial charge in [0.2, 0.25) is 11.8 Å². The molecule has 0 unspecified atom stereocenters. The largest absolute Gasteiger partial charge is 0.405 e. The van der Waals surface area contributed by atoms with Gasteiger partial charge in [0.25, 0.3) is 0 Å². The Balaban J connectivity index is 2.14. The smallest absolute Gasteiger partial charge is 0.345 e. The van der Waals surface area contributed by atoms with E-state index in [9.17, 15) is 22.8 Å². The van der Waals surface area contributed by atoms with Gasteiger partial charge in [-0.25, -0.2) is 0 Å². The highest BCUT2D eigenvalue weighted by Gasteiger charge is 2.28. The summed E-state index contributed by atoms with van der Waals surface area (Å²) in [5.41, 5.74) is 0. The summed E-state index contributed by atoms with van der Waals surface area (Å²) in [6.07, 6.45) is -2.11. The minimum Gasteiger partial charge on any atom is -0.345 e. The van der Waals surface area contributed by atoms with E-state index in [4.69, 9.17) is 0 Å². The third-order valence-electron chi connectivity index (χ3n) is 2.70. The van der Waals surface area contributed by atoms with Crippen LogP contribution in [0.4, 0.5) is 13.2 Å². The summed E-state index contributed by atoms with van der Waals surface area (Å²) < 4.78 is 35.6. The lowest BCUT2D eigenvalue weighted by Crippen LogP contribution is -2.44. The highest BCUT2D eigenvalue weighted by Crippen LogP contribution is 2.27. The summed E-state index contributed by atoms with van der Waals surface area (Å²) >= 11 is 0. The van der Waals surface area contributed by atoms with Gasteiger partial charge in [-0.1, -0.05) is 0 Å². The number of hydrogen-bond acceptors (Lipinski definition) is 3. The van der Waals surface area contributed by atoms with Crippen molar-refractivity contribution in [1.82, 2.24) is 15.5 Å². The summed E-state index contributed by atoms with van der Waals surface area (Å²) in [5.74, 6) is -0.508. The molecule has 0 radical (unpaired) electrons. The summed E-state index contributed by atoms with van der Waals surface area (Å²) in [6, 6.07) is 0. The standard InChI is InChI=1S/C11H18F3N3O2/c1-17(6-9(18)16-7-11(12,13)14)10(19)5-15-4-8-2-3-8/h8,15H,2-7H2,1H3,(H,16,18). The van der Waals surface area contributed by atoms with Gasteiger partial charge in [-0.15, -0.1) is 0 Å². The lowest BCUT2D eigenvalue weighted by atomic mass is 10.4. The van der Waals surface area contributed by atoms with Crippen LogP contribution < -0.4 is 10.6 Å². The summed E-state index contributed by atoms with van der Waals surface area (Å²) in [5, 5.41) is 4.67. The quantitative estimate of drug-likeness (QED) is 0.697. The van der Waals surface area contributed by atoms with Gasteiger partial charge in [-0.05, 0) is 25.3 Å². The van der Waals surface area contributed by atoms with E-state index >= 15 is 0 Å². The van der Waals surface area contributed by atoms with E-state index in [-0.39, 0.29) is 19.0 Å². The Bertz CT molecular complexity index is 330. The van der Waals surface area contributed by atoms with E-state index in [1.54, 1.807) is 5.32 Å². The second-order valence-electron chi connectivity index (χ2n) is 4.72. The van der Waals surface area contributed by atoms with Crippen LogP contribution in [-0.2, 0) is 9.59 Å². The predicted molar refractivity (Wildman–Crippen MR) is 62.3 cm³/mol. The highest BCUT2D eigenvalue weighted by atomic mass is 19.4. The van der Waals surface area contributed by atoms with Crippen LogP contribution in [-0.4, -0.2) is 56.1 Å². The molecule has 1 rings (SSSR count). The predicted octanol–water partition coefficient (Wildman–Crippen LogP) is 0.123. The van der Waals surface area contributed by atoms with E-state index in [1.807, 2.05) is 0 Å². The van der Waals surface area contributed by atoms with Crippen LogP contribution in [0.1, 0.15) is 12.8 Å². The molecule has 0 aromatic rings. The van der Waals surface area contributed by atoms with E-state index in [1.165, 1.54) is 7.05 Å². The highest BCUT2D eigenvalue weighted by molar-refractivity contribution is 5.85. The summed E-state index contributed by atoms with van der Waals surface area (Å²) in [6.45, 7) is -0.896. The van der Waals surface area contributed by atoms with Crippen molar-refractivity contribution in [2.45, 2.75) is 19.0 Å². The van der Waals surface area contributed by atoms with Crippen LogP contribution in [0.15, 0.2) is 0 Å². The van der Waals surface area contributed by atoms with Crippen molar-refractivity contribution in [2.24, 2.45) is 5.92 Å². The van der Waals surface area contributed by atoms with Crippen molar-refractivity contribution < 1.29 is 22.8 Å². The monoisotopic (exact) mass is 281 g/mol. The number of rotatable bonds is 7. The fourth-order valence-electron chi connectivity index (χ4n) is 1.40. The van der Waals surface area contributed by atoms with Crippen LogP contribution >= 0.6 is 0 Å². The normalized spacial score (nSPS) is 15.2. The average Bonchev–Trinajstić information content (AvgIpc) is 3.09. The number of nitrogens with one attached hydrogen (secondary N) is 2. The molecule has 0 spiro atoms. The minimum absolute atomic E-state index is 0.0968. The molecule has 0 bridgehead atoms. The molecule has 0 atom stereocenters. The van der Waals surface area contributed by atoms with Gasteiger partial charge in [-0.3, -0.25) is 9.59 Å². The maximum absolute atomic E-state index is 11.9. The molecule has 0 aliphatic heterocycles. The number of hydrogen-bond donors (Lipinski definition) is 2. The molecule has 1 saturated carbocycles. The first-order chi connectivity index (χ1) is 8.78. The molecular weight excluding hydrogens is 263 g/mol. The number of amides is 2. The first kappa shape index (κ1) is 15.7. The van der Waals surface area contributed by atoms with Crippen LogP contribution in [0.2, 0.25) is 0 Å². The van der Waals surface area contributed by atoms with Crippen LogP contribution in [0.5, 0.6) is 0 Å². The fourth-order valence-corrected chi connectivity index (χ4v) is 1.40. The van der Waals surface area contributed by atoms with Crippen molar-refractivity contribution in [1.29, 1.82) is 0 Å². The Morgan fingerprint density at radius 1 is 1.32 bits per heavy atom.